The van der Waals surface area contributed by atoms with Crippen molar-refractivity contribution in [1.82, 2.24) is 10.2 Å². The molecule has 1 aliphatic heterocycles. The molecule has 1 N–H and O–H groups in total. The van der Waals surface area contributed by atoms with E-state index >= 15 is 0 Å². The minimum atomic E-state index is -0.366. The van der Waals surface area contributed by atoms with Crippen molar-refractivity contribution >= 4 is 11.8 Å². The Balaban J connectivity index is 1.32. The van der Waals surface area contributed by atoms with Crippen molar-refractivity contribution in [2.75, 3.05) is 19.6 Å². The molecule has 2 aromatic carbocycles. The summed E-state index contributed by atoms with van der Waals surface area (Å²) in [5, 5.41) is 2.78. The molecule has 4 nitrogen and oxygen atoms in total. The van der Waals surface area contributed by atoms with Gasteiger partial charge in [0.1, 0.15) is 5.82 Å². The number of carbonyl (C=O) groups is 2. The smallest absolute Gasteiger partial charge is 0.251 e. The van der Waals surface area contributed by atoms with Crippen LogP contribution in [0.4, 0.5) is 4.39 Å². The number of benzene rings is 2. The first-order valence-electron chi connectivity index (χ1n) is 9.97. The van der Waals surface area contributed by atoms with Crippen LogP contribution in [0, 0.1) is 11.7 Å². The molecule has 1 fully saturated rings. The van der Waals surface area contributed by atoms with E-state index in [0.717, 1.165) is 32.4 Å². The number of hydrogen-bond donors (Lipinski definition) is 1. The van der Waals surface area contributed by atoms with E-state index in [1.165, 1.54) is 29.8 Å². The second-order valence-electron chi connectivity index (χ2n) is 7.38. The number of amides is 2. The van der Waals surface area contributed by atoms with E-state index in [1.54, 1.807) is 0 Å². The van der Waals surface area contributed by atoms with Crippen LogP contribution in [-0.4, -0.2) is 36.3 Å². The third-order valence-electron chi connectivity index (χ3n) is 5.29. The Morgan fingerprint density at radius 2 is 1.68 bits per heavy atom. The average molecular weight is 382 g/mol. The van der Waals surface area contributed by atoms with Gasteiger partial charge in [-0.15, -0.1) is 0 Å². The van der Waals surface area contributed by atoms with Crippen molar-refractivity contribution < 1.29 is 14.0 Å². The molecule has 148 valence electrons. The lowest BCUT2D eigenvalue weighted by Gasteiger charge is -2.32. The van der Waals surface area contributed by atoms with Crippen molar-refractivity contribution in [3.8, 4) is 0 Å². The summed E-state index contributed by atoms with van der Waals surface area (Å²) in [6.07, 6.45) is 4.21. The molecule has 0 radical (unpaired) electrons. The van der Waals surface area contributed by atoms with E-state index in [-0.39, 0.29) is 17.6 Å². The maximum atomic E-state index is 12.9. The Hall–Kier alpha value is -2.69. The molecule has 1 aliphatic rings. The van der Waals surface area contributed by atoms with Gasteiger partial charge >= 0.3 is 0 Å². The fourth-order valence-corrected chi connectivity index (χ4v) is 3.64. The van der Waals surface area contributed by atoms with Gasteiger partial charge in [0.05, 0.1) is 0 Å². The molecule has 3 rings (SSSR count). The Labute approximate surface area is 165 Å². The first-order chi connectivity index (χ1) is 13.6. The minimum absolute atomic E-state index is 0.161. The van der Waals surface area contributed by atoms with Gasteiger partial charge in [-0.1, -0.05) is 30.3 Å². The summed E-state index contributed by atoms with van der Waals surface area (Å²) in [6.45, 7) is 2.07. The van der Waals surface area contributed by atoms with Crippen molar-refractivity contribution in [3.05, 3.63) is 71.5 Å². The summed E-state index contributed by atoms with van der Waals surface area (Å²) >= 11 is 0. The largest absolute Gasteiger partial charge is 0.352 e. The van der Waals surface area contributed by atoms with Crippen LogP contribution in [0.3, 0.4) is 0 Å². The predicted octanol–water partition coefficient (Wildman–Crippen LogP) is 3.82. The first-order valence-corrected chi connectivity index (χ1v) is 9.97. The standard InChI is InChI=1S/C23H27FN2O2/c24-21-10-8-20(9-11-21)23(28)25-14-4-7-22(27)26-15-12-19(13-16-26)17-18-5-2-1-3-6-18/h1-3,5-6,8-11,19H,4,7,12-17H2,(H,25,28). The van der Waals surface area contributed by atoms with E-state index in [0.29, 0.717) is 30.9 Å². The maximum Gasteiger partial charge on any atom is 0.251 e. The molecular weight excluding hydrogens is 355 g/mol. The summed E-state index contributed by atoms with van der Waals surface area (Å²) in [6, 6.07) is 15.9. The average Bonchev–Trinajstić information content (AvgIpc) is 2.72. The molecule has 0 unspecified atom stereocenters. The lowest BCUT2D eigenvalue weighted by molar-refractivity contribution is -0.132. The number of rotatable bonds is 7. The lowest BCUT2D eigenvalue weighted by atomic mass is 9.90. The summed E-state index contributed by atoms with van der Waals surface area (Å²) in [7, 11) is 0. The highest BCUT2D eigenvalue weighted by atomic mass is 19.1. The van der Waals surface area contributed by atoms with Crippen molar-refractivity contribution in [2.45, 2.75) is 32.1 Å². The van der Waals surface area contributed by atoms with Gasteiger partial charge in [0, 0.05) is 31.6 Å². The zero-order valence-electron chi connectivity index (χ0n) is 16.1. The molecule has 5 heteroatoms. The molecule has 0 aromatic heterocycles. The van der Waals surface area contributed by atoms with Crippen LogP contribution < -0.4 is 5.32 Å². The highest BCUT2D eigenvalue weighted by Gasteiger charge is 2.22. The van der Waals surface area contributed by atoms with Crippen molar-refractivity contribution in [2.24, 2.45) is 5.92 Å². The molecule has 0 bridgehead atoms. The van der Waals surface area contributed by atoms with Crippen LogP contribution in [0.5, 0.6) is 0 Å². The Morgan fingerprint density at radius 1 is 1.00 bits per heavy atom. The van der Waals surface area contributed by atoms with Gasteiger partial charge in [0.2, 0.25) is 5.91 Å². The molecule has 2 aromatic rings. The predicted molar refractivity (Wildman–Crippen MR) is 107 cm³/mol. The molecule has 28 heavy (non-hydrogen) atoms. The highest BCUT2D eigenvalue weighted by Crippen LogP contribution is 2.22. The lowest BCUT2D eigenvalue weighted by Crippen LogP contribution is -2.39. The summed E-state index contributed by atoms with van der Waals surface area (Å²) < 4.78 is 12.9. The van der Waals surface area contributed by atoms with Gasteiger partial charge < -0.3 is 10.2 Å². The molecule has 1 saturated heterocycles. The van der Waals surface area contributed by atoms with Gasteiger partial charge in [0.25, 0.3) is 5.91 Å². The maximum absolute atomic E-state index is 12.9. The van der Waals surface area contributed by atoms with E-state index in [2.05, 4.69) is 29.6 Å². The molecule has 0 atom stereocenters. The van der Waals surface area contributed by atoms with Gasteiger partial charge in [-0.3, -0.25) is 9.59 Å². The zero-order valence-corrected chi connectivity index (χ0v) is 16.1. The highest BCUT2D eigenvalue weighted by molar-refractivity contribution is 5.94. The fourth-order valence-electron chi connectivity index (χ4n) is 3.64. The Bertz CT molecular complexity index is 769. The summed E-state index contributed by atoms with van der Waals surface area (Å²) in [4.78, 5) is 26.3. The van der Waals surface area contributed by atoms with Crippen molar-refractivity contribution in [3.63, 3.8) is 0 Å². The number of piperidine rings is 1. The summed E-state index contributed by atoms with van der Waals surface area (Å²) in [5.74, 6) is 0.194. The quantitative estimate of drug-likeness (QED) is 0.740. The van der Waals surface area contributed by atoms with Gasteiger partial charge in [-0.2, -0.15) is 0 Å². The zero-order chi connectivity index (χ0) is 19.8. The van der Waals surface area contributed by atoms with Crippen molar-refractivity contribution in [1.29, 1.82) is 0 Å². The van der Waals surface area contributed by atoms with Crippen LogP contribution in [0.15, 0.2) is 54.6 Å². The monoisotopic (exact) mass is 382 g/mol. The molecule has 1 heterocycles. The number of likely N-dealkylation sites (tertiary alicyclic amines) is 1. The molecule has 2 amide bonds. The second-order valence-corrected chi connectivity index (χ2v) is 7.38. The molecule has 0 spiro atoms. The normalized spacial score (nSPS) is 14.7. The number of nitrogens with zero attached hydrogens (tertiary/aromatic N) is 1. The molecule has 0 saturated carbocycles. The number of halogens is 1. The number of carbonyl (C=O) groups excluding carboxylic acids is 2. The van der Waals surface area contributed by atoms with Gasteiger partial charge in [-0.05, 0) is 61.4 Å². The van der Waals surface area contributed by atoms with Crippen LogP contribution in [-0.2, 0) is 11.2 Å². The second kappa shape index (κ2) is 10.0. The van der Waals surface area contributed by atoms with E-state index in [9.17, 15) is 14.0 Å². The third-order valence-corrected chi connectivity index (χ3v) is 5.29. The first kappa shape index (κ1) is 20.1. The fraction of sp³-hybridized carbons (Fsp3) is 0.391. The van der Waals surface area contributed by atoms with E-state index in [1.807, 2.05) is 11.0 Å². The van der Waals surface area contributed by atoms with E-state index in [4.69, 9.17) is 0 Å². The van der Waals surface area contributed by atoms with Crippen LogP contribution >= 0.6 is 0 Å². The summed E-state index contributed by atoms with van der Waals surface area (Å²) in [5.41, 5.74) is 1.79. The minimum Gasteiger partial charge on any atom is -0.352 e. The van der Waals surface area contributed by atoms with Gasteiger partial charge in [-0.25, -0.2) is 4.39 Å². The van der Waals surface area contributed by atoms with E-state index < -0.39 is 0 Å². The number of hydrogen-bond acceptors (Lipinski definition) is 2. The van der Waals surface area contributed by atoms with Crippen LogP contribution in [0.1, 0.15) is 41.6 Å². The van der Waals surface area contributed by atoms with Crippen LogP contribution in [0.2, 0.25) is 0 Å². The Kier molecular flexibility index (Phi) is 7.18. The molecule has 0 aliphatic carbocycles. The third kappa shape index (κ3) is 5.91. The topological polar surface area (TPSA) is 49.4 Å². The number of nitrogens with one attached hydrogen (secondary N) is 1. The SMILES string of the molecule is O=C(NCCCC(=O)N1CCC(Cc2ccccc2)CC1)c1ccc(F)cc1. The Morgan fingerprint density at radius 3 is 2.36 bits per heavy atom. The van der Waals surface area contributed by atoms with Crippen LogP contribution in [0.25, 0.3) is 0 Å². The molecular formula is C23H27FN2O2. The van der Waals surface area contributed by atoms with Gasteiger partial charge in [0.15, 0.2) is 0 Å².